The standard InChI is InChI=1S/C60H47N/c1-59(2)52-36-49(46-26-20-43(21-27-46)40-14-8-5-9-15-40)32-34-56(52)61-57-35-33-50(47-28-22-44(23-29-47)41-16-10-6-11-17-41)37-53(57)60(3,4)55-39-51(38-54(59)58(55)61)48-30-24-45(25-31-48)42-18-12-7-13-19-42/h5-39H,1-4H3. The average Bonchev–Trinajstić information content (AvgIpc) is 3.32. The summed E-state index contributed by atoms with van der Waals surface area (Å²) < 4.78 is 0. The fraction of sp³-hybridized carbons (Fsp3) is 0.100. The number of benzene rings is 9. The number of hydrogen-bond donors (Lipinski definition) is 0. The van der Waals surface area contributed by atoms with Crippen molar-refractivity contribution in [2.45, 2.75) is 38.5 Å². The Labute approximate surface area is 360 Å². The zero-order chi connectivity index (χ0) is 41.3. The van der Waals surface area contributed by atoms with Crippen molar-refractivity contribution in [1.29, 1.82) is 0 Å². The van der Waals surface area contributed by atoms with Gasteiger partial charge in [0.15, 0.2) is 0 Å². The lowest BCUT2D eigenvalue weighted by molar-refractivity contribution is 0.598. The molecule has 61 heavy (non-hydrogen) atoms. The SMILES string of the molecule is CC1(C)c2cc(-c3ccc(-c4ccccc4)cc3)ccc2N2c3ccc(-c4ccc(-c5ccccc5)cc4)cc3C(C)(C)c3cc(-c4ccc(-c5ccccc5)cc4)cc1c32. The van der Waals surface area contributed by atoms with Crippen molar-refractivity contribution in [3.05, 3.63) is 235 Å². The van der Waals surface area contributed by atoms with Crippen LogP contribution in [0.2, 0.25) is 0 Å². The topological polar surface area (TPSA) is 3.24 Å². The van der Waals surface area contributed by atoms with E-state index in [2.05, 4.69) is 245 Å². The predicted octanol–water partition coefficient (Wildman–Crippen LogP) is 16.4. The van der Waals surface area contributed by atoms with Crippen molar-refractivity contribution in [3.63, 3.8) is 0 Å². The highest BCUT2D eigenvalue weighted by molar-refractivity contribution is 5.96. The van der Waals surface area contributed by atoms with Crippen LogP contribution in [-0.2, 0) is 10.8 Å². The molecule has 292 valence electrons. The minimum absolute atomic E-state index is 0.274. The molecule has 2 aliphatic rings. The molecule has 1 heteroatoms. The third kappa shape index (κ3) is 6.15. The van der Waals surface area contributed by atoms with Crippen LogP contribution < -0.4 is 4.90 Å². The Morgan fingerprint density at radius 1 is 0.246 bits per heavy atom. The van der Waals surface area contributed by atoms with E-state index in [1.165, 1.54) is 106 Å². The molecule has 0 bridgehead atoms. The molecule has 9 aromatic rings. The fourth-order valence-electron chi connectivity index (χ4n) is 9.94. The highest BCUT2D eigenvalue weighted by Gasteiger charge is 2.46. The molecule has 0 unspecified atom stereocenters. The number of nitrogens with zero attached hydrogens (tertiary/aromatic N) is 1. The lowest BCUT2D eigenvalue weighted by atomic mass is 9.65. The van der Waals surface area contributed by atoms with E-state index in [1.54, 1.807) is 0 Å². The molecule has 0 saturated carbocycles. The fourth-order valence-corrected chi connectivity index (χ4v) is 9.94. The summed E-state index contributed by atoms with van der Waals surface area (Å²) in [5.41, 5.74) is 23.4. The molecule has 0 spiro atoms. The van der Waals surface area contributed by atoms with Crippen molar-refractivity contribution in [2.24, 2.45) is 0 Å². The second kappa shape index (κ2) is 14.2. The lowest BCUT2D eigenvalue weighted by Crippen LogP contribution is -2.38. The first kappa shape index (κ1) is 36.8. The quantitative estimate of drug-likeness (QED) is 0.162. The summed E-state index contributed by atoms with van der Waals surface area (Å²) in [6, 6.07) is 78.5. The Morgan fingerprint density at radius 3 is 0.820 bits per heavy atom. The van der Waals surface area contributed by atoms with Crippen molar-refractivity contribution in [3.8, 4) is 66.8 Å². The number of rotatable bonds is 6. The first-order valence-corrected chi connectivity index (χ1v) is 21.5. The number of fused-ring (bicyclic) bond motifs is 4. The molecule has 11 rings (SSSR count). The van der Waals surface area contributed by atoms with E-state index in [-0.39, 0.29) is 10.8 Å². The largest absolute Gasteiger partial charge is 0.309 e. The van der Waals surface area contributed by atoms with Crippen molar-refractivity contribution in [2.75, 3.05) is 4.90 Å². The van der Waals surface area contributed by atoms with Gasteiger partial charge in [-0.25, -0.2) is 0 Å². The van der Waals surface area contributed by atoms with Crippen molar-refractivity contribution < 1.29 is 0 Å². The molecule has 0 fully saturated rings. The van der Waals surface area contributed by atoms with Gasteiger partial charge in [0.05, 0.1) is 17.1 Å². The van der Waals surface area contributed by atoms with Crippen LogP contribution in [0.4, 0.5) is 17.1 Å². The summed E-state index contributed by atoms with van der Waals surface area (Å²) in [6.07, 6.45) is 0. The third-order valence-electron chi connectivity index (χ3n) is 13.5. The van der Waals surface area contributed by atoms with Gasteiger partial charge in [-0.2, -0.15) is 0 Å². The molecule has 0 atom stereocenters. The van der Waals surface area contributed by atoms with Crippen LogP contribution in [-0.4, -0.2) is 0 Å². The van der Waals surface area contributed by atoms with E-state index >= 15 is 0 Å². The van der Waals surface area contributed by atoms with Gasteiger partial charge in [-0.15, -0.1) is 0 Å². The second-order valence-electron chi connectivity index (χ2n) is 17.8. The molecule has 0 saturated heterocycles. The molecular weight excluding hydrogens is 735 g/mol. The van der Waals surface area contributed by atoms with E-state index in [1.807, 2.05) is 0 Å². The summed E-state index contributed by atoms with van der Waals surface area (Å²) in [5.74, 6) is 0. The van der Waals surface area contributed by atoms with Crippen LogP contribution in [0.3, 0.4) is 0 Å². The molecular formula is C60H47N. The van der Waals surface area contributed by atoms with Crippen molar-refractivity contribution in [1.82, 2.24) is 0 Å². The Bertz CT molecular complexity index is 2900. The van der Waals surface area contributed by atoms with E-state index < -0.39 is 0 Å². The normalized spacial score (nSPS) is 14.1. The first-order valence-electron chi connectivity index (χ1n) is 21.5. The minimum atomic E-state index is -0.274. The molecule has 9 aromatic carbocycles. The molecule has 0 aliphatic carbocycles. The van der Waals surface area contributed by atoms with Gasteiger partial charge in [0.2, 0.25) is 0 Å². The minimum Gasteiger partial charge on any atom is -0.309 e. The van der Waals surface area contributed by atoms with Crippen LogP contribution in [0.1, 0.15) is 49.9 Å². The van der Waals surface area contributed by atoms with Gasteiger partial charge in [-0.1, -0.05) is 204 Å². The molecule has 0 radical (unpaired) electrons. The number of anilines is 3. The Kier molecular flexibility index (Phi) is 8.58. The number of hydrogen-bond acceptors (Lipinski definition) is 1. The highest BCUT2D eigenvalue weighted by atomic mass is 15.2. The summed E-state index contributed by atoms with van der Waals surface area (Å²) in [6.45, 7) is 9.70. The van der Waals surface area contributed by atoms with Gasteiger partial charge in [-0.05, 0) is 125 Å². The first-order chi connectivity index (χ1) is 29.7. The molecule has 0 N–H and O–H groups in total. The molecule has 0 aromatic heterocycles. The van der Waals surface area contributed by atoms with Crippen molar-refractivity contribution >= 4 is 17.1 Å². The maximum absolute atomic E-state index is 2.58. The maximum atomic E-state index is 2.58. The molecule has 1 nitrogen and oxygen atoms in total. The Morgan fingerprint density at radius 2 is 0.492 bits per heavy atom. The Balaban J connectivity index is 1.07. The van der Waals surface area contributed by atoms with Gasteiger partial charge in [-0.3, -0.25) is 0 Å². The maximum Gasteiger partial charge on any atom is 0.0544 e. The molecule has 2 aliphatic heterocycles. The summed E-state index contributed by atoms with van der Waals surface area (Å²) in [5, 5.41) is 0. The summed E-state index contributed by atoms with van der Waals surface area (Å²) in [7, 11) is 0. The zero-order valence-corrected chi connectivity index (χ0v) is 35.2. The van der Waals surface area contributed by atoms with Gasteiger partial charge in [0.1, 0.15) is 0 Å². The summed E-state index contributed by atoms with van der Waals surface area (Å²) in [4.78, 5) is 2.58. The van der Waals surface area contributed by atoms with Crippen LogP contribution in [0.25, 0.3) is 66.8 Å². The van der Waals surface area contributed by atoms with Crippen LogP contribution in [0.5, 0.6) is 0 Å². The predicted molar refractivity (Wildman–Crippen MR) is 258 cm³/mol. The Hall–Kier alpha value is -7.22. The van der Waals surface area contributed by atoms with Crippen LogP contribution in [0, 0.1) is 0 Å². The highest BCUT2D eigenvalue weighted by Crippen LogP contribution is 2.61. The van der Waals surface area contributed by atoms with Crippen LogP contribution in [0.15, 0.2) is 212 Å². The second-order valence-corrected chi connectivity index (χ2v) is 17.8. The summed E-state index contributed by atoms with van der Waals surface area (Å²) >= 11 is 0. The van der Waals surface area contributed by atoms with Gasteiger partial charge in [0.25, 0.3) is 0 Å². The van der Waals surface area contributed by atoms with E-state index in [9.17, 15) is 0 Å². The molecule has 2 heterocycles. The zero-order valence-electron chi connectivity index (χ0n) is 35.2. The van der Waals surface area contributed by atoms with Gasteiger partial charge < -0.3 is 4.90 Å². The lowest BCUT2D eigenvalue weighted by Gasteiger charge is -2.50. The van der Waals surface area contributed by atoms with E-state index in [0.29, 0.717) is 0 Å². The third-order valence-corrected chi connectivity index (χ3v) is 13.5. The molecule has 0 amide bonds. The van der Waals surface area contributed by atoms with Crippen LogP contribution >= 0.6 is 0 Å². The smallest absolute Gasteiger partial charge is 0.0544 e. The van der Waals surface area contributed by atoms with Gasteiger partial charge in [0, 0.05) is 10.8 Å². The van der Waals surface area contributed by atoms with E-state index in [0.717, 1.165) is 0 Å². The monoisotopic (exact) mass is 781 g/mol. The average molecular weight is 782 g/mol. The van der Waals surface area contributed by atoms with Gasteiger partial charge >= 0.3 is 0 Å². The van der Waals surface area contributed by atoms with E-state index in [4.69, 9.17) is 0 Å².